The van der Waals surface area contributed by atoms with Gasteiger partial charge in [0.1, 0.15) is 5.75 Å². The molecule has 0 aromatic heterocycles. The molecule has 2 nitrogen and oxygen atoms in total. The summed E-state index contributed by atoms with van der Waals surface area (Å²) >= 11 is 0. The number of ether oxygens (including phenoxy) is 1. The first-order valence-corrected chi connectivity index (χ1v) is 4.64. The molecule has 0 aliphatic carbocycles. The summed E-state index contributed by atoms with van der Waals surface area (Å²) in [6, 6.07) is 7.25. The average molecular weight is 192 g/mol. The highest BCUT2D eigenvalue weighted by Gasteiger charge is 2.22. The summed E-state index contributed by atoms with van der Waals surface area (Å²) in [6.07, 6.45) is 0. The first kappa shape index (κ1) is 10.8. The minimum absolute atomic E-state index is 0.136. The summed E-state index contributed by atoms with van der Waals surface area (Å²) in [4.78, 5) is 11.9. The van der Waals surface area contributed by atoms with E-state index < -0.39 is 0 Å². The quantitative estimate of drug-likeness (QED) is 0.673. The van der Waals surface area contributed by atoms with Crippen LogP contribution in [0.1, 0.15) is 31.1 Å². The number of hydrogen-bond acceptors (Lipinski definition) is 2. The van der Waals surface area contributed by atoms with Gasteiger partial charge in [-0.1, -0.05) is 32.9 Å². The van der Waals surface area contributed by atoms with E-state index in [1.54, 1.807) is 13.2 Å². The minimum atomic E-state index is -0.341. The number of carbonyl (C=O) groups is 1. The Hall–Kier alpha value is -1.31. The fourth-order valence-electron chi connectivity index (χ4n) is 1.20. The van der Waals surface area contributed by atoms with Gasteiger partial charge >= 0.3 is 0 Å². The molecule has 0 N–H and O–H groups in total. The van der Waals surface area contributed by atoms with Crippen molar-refractivity contribution in [2.75, 3.05) is 7.11 Å². The molecule has 0 saturated heterocycles. The van der Waals surface area contributed by atoms with Crippen LogP contribution in [0, 0.1) is 5.41 Å². The molecule has 0 aliphatic heterocycles. The molecule has 1 rings (SSSR count). The highest BCUT2D eigenvalue weighted by Crippen LogP contribution is 2.23. The maximum atomic E-state index is 11.9. The smallest absolute Gasteiger partial charge is 0.168 e. The minimum Gasteiger partial charge on any atom is -0.497 e. The third-order valence-electron chi connectivity index (χ3n) is 2.01. The Morgan fingerprint density at radius 3 is 2.43 bits per heavy atom. The second kappa shape index (κ2) is 3.82. The highest BCUT2D eigenvalue weighted by molar-refractivity contribution is 6.00. The van der Waals surface area contributed by atoms with Gasteiger partial charge in [0.15, 0.2) is 5.78 Å². The van der Waals surface area contributed by atoms with E-state index in [0.717, 1.165) is 5.75 Å². The van der Waals surface area contributed by atoms with Gasteiger partial charge in [-0.05, 0) is 12.1 Å². The largest absolute Gasteiger partial charge is 0.497 e. The van der Waals surface area contributed by atoms with Gasteiger partial charge in [0.05, 0.1) is 7.11 Å². The standard InChI is InChI=1S/C12H16O2/c1-12(2,3)11(13)9-6-5-7-10(8-9)14-4/h5-8H,1-4H3. The van der Waals surface area contributed by atoms with E-state index in [2.05, 4.69) is 0 Å². The van der Waals surface area contributed by atoms with Crippen molar-refractivity contribution in [3.05, 3.63) is 29.8 Å². The van der Waals surface area contributed by atoms with Gasteiger partial charge in [-0.25, -0.2) is 0 Å². The molecule has 76 valence electrons. The molecule has 0 radical (unpaired) electrons. The van der Waals surface area contributed by atoms with E-state index in [1.807, 2.05) is 39.0 Å². The third-order valence-corrected chi connectivity index (χ3v) is 2.01. The zero-order chi connectivity index (χ0) is 10.8. The van der Waals surface area contributed by atoms with Crippen molar-refractivity contribution in [1.82, 2.24) is 0 Å². The molecular weight excluding hydrogens is 176 g/mol. The van der Waals surface area contributed by atoms with Gasteiger partial charge in [0.2, 0.25) is 0 Å². The highest BCUT2D eigenvalue weighted by atomic mass is 16.5. The number of Topliss-reactive ketones (excluding diaryl/α,β-unsaturated/α-hetero) is 1. The summed E-state index contributed by atoms with van der Waals surface area (Å²) in [5.41, 5.74) is 0.365. The number of methoxy groups -OCH3 is 1. The number of ketones is 1. The van der Waals surface area contributed by atoms with Crippen LogP contribution in [0.25, 0.3) is 0 Å². The normalized spacial score (nSPS) is 11.1. The lowest BCUT2D eigenvalue weighted by atomic mass is 9.86. The van der Waals surface area contributed by atoms with Crippen LogP contribution in [0.2, 0.25) is 0 Å². The molecule has 0 aliphatic rings. The summed E-state index contributed by atoms with van der Waals surface area (Å²) in [5, 5.41) is 0. The van der Waals surface area contributed by atoms with Gasteiger partial charge < -0.3 is 4.74 Å². The van der Waals surface area contributed by atoms with Crippen LogP contribution in [0.3, 0.4) is 0 Å². The maximum absolute atomic E-state index is 11.9. The molecule has 0 atom stereocenters. The molecular formula is C12H16O2. The molecule has 2 heteroatoms. The zero-order valence-electron chi connectivity index (χ0n) is 9.13. The molecule has 1 aromatic carbocycles. The first-order valence-electron chi connectivity index (χ1n) is 4.64. The molecule has 14 heavy (non-hydrogen) atoms. The SMILES string of the molecule is COc1cccc(C(=O)C(C)(C)C)c1. The van der Waals surface area contributed by atoms with Crippen molar-refractivity contribution in [2.45, 2.75) is 20.8 Å². The predicted octanol–water partition coefficient (Wildman–Crippen LogP) is 2.92. The van der Waals surface area contributed by atoms with Crippen LogP contribution < -0.4 is 4.74 Å². The Morgan fingerprint density at radius 2 is 1.93 bits per heavy atom. The molecule has 0 saturated carbocycles. The lowest BCUT2D eigenvalue weighted by Gasteiger charge is -2.16. The van der Waals surface area contributed by atoms with Gasteiger partial charge in [0.25, 0.3) is 0 Å². The molecule has 1 aromatic rings. The molecule has 0 heterocycles. The number of carbonyl (C=O) groups excluding carboxylic acids is 1. The second-order valence-electron chi connectivity index (χ2n) is 4.31. The average Bonchev–Trinajstić information content (AvgIpc) is 2.15. The Morgan fingerprint density at radius 1 is 1.29 bits per heavy atom. The van der Waals surface area contributed by atoms with Crippen molar-refractivity contribution in [1.29, 1.82) is 0 Å². The van der Waals surface area contributed by atoms with E-state index in [4.69, 9.17) is 4.74 Å². The topological polar surface area (TPSA) is 26.3 Å². The summed E-state index contributed by atoms with van der Waals surface area (Å²) in [6.45, 7) is 5.73. The van der Waals surface area contributed by atoms with Crippen LogP contribution in [0.15, 0.2) is 24.3 Å². The van der Waals surface area contributed by atoms with Gasteiger partial charge in [0, 0.05) is 11.0 Å². The van der Waals surface area contributed by atoms with E-state index >= 15 is 0 Å². The first-order chi connectivity index (χ1) is 6.45. The molecule has 0 bridgehead atoms. The fraction of sp³-hybridized carbons (Fsp3) is 0.417. The molecule has 0 unspecified atom stereocenters. The van der Waals surface area contributed by atoms with Crippen LogP contribution in [-0.2, 0) is 0 Å². The van der Waals surface area contributed by atoms with Crippen LogP contribution in [0.4, 0.5) is 0 Å². The van der Waals surface area contributed by atoms with Crippen molar-refractivity contribution < 1.29 is 9.53 Å². The summed E-state index contributed by atoms with van der Waals surface area (Å²) in [7, 11) is 1.60. The van der Waals surface area contributed by atoms with Crippen LogP contribution in [0.5, 0.6) is 5.75 Å². The van der Waals surface area contributed by atoms with Crippen LogP contribution in [-0.4, -0.2) is 12.9 Å². The lowest BCUT2D eigenvalue weighted by molar-refractivity contribution is 0.0858. The van der Waals surface area contributed by atoms with E-state index in [9.17, 15) is 4.79 Å². The predicted molar refractivity (Wildman–Crippen MR) is 56.8 cm³/mol. The summed E-state index contributed by atoms with van der Waals surface area (Å²) in [5.74, 6) is 0.858. The van der Waals surface area contributed by atoms with Gasteiger partial charge in [-0.3, -0.25) is 4.79 Å². The Balaban J connectivity index is 3.02. The molecule has 0 fully saturated rings. The third kappa shape index (κ3) is 2.34. The van der Waals surface area contributed by atoms with E-state index in [0.29, 0.717) is 5.56 Å². The van der Waals surface area contributed by atoms with Crippen molar-refractivity contribution in [2.24, 2.45) is 5.41 Å². The number of benzene rings is 1. The van der Waals surface area contributed by atoms with Gasteiger partial charge in [-0.15, -0.1) is 0 Å². The number of rotatable bonds is 2. The van der Waals surface area contributed by atoms with Crippen molar-refractivity contribution in [3.63, 3.8) is 0 Å². The van der Waals surface area contributed by atoms with Gasteiger partial charge in [-0.2, -0.15) is 0 Å². The lowest BCUT2D eigenvalue weighted by Crippen LogP contribution is -2.20. The number of hydrogen-bond donors (Lipinski definition) is 0. The monoisotopic (exact) mass is 192 g/mol. The molecule has 0 spiro atoms. The maximum Gasteiger partial charge on any atom is 0.168 e. The van der Waals surface area contributed by atoms with E-state index in [-0.39, 0.29) is 11.2 Å². The Labute approximate surface area is 84.9 Å². The van der Waals surface area contributed by atoms with E-state index in [1.165, 1.54) is 0 Å². The van der Waals surface area contributed by atoms with Crippen molar-refractivity contribution >= 4 is 5.78 Å². The Kier molecular flexibility index (Phi) is 2.94. The zero-order valence-corrected chi connectivity index (χ0v) is 9.13. The summed E-state index contributed by atoms with van der Waals surface area (Å²) < 4.78 is 5.07. The van der Waals surface area contributed by atoms with Crippen molar-refractivity contribution in [3.8, 4) is 5.75 Å². The second-order valence-corrected chi connectivity index (χ2v) is 4.31. The molecule has 0 amide bonds. The van der Waals surface area contributed by atoms with Crippen LogP contribution >= 0.6 is 0 Å². The Bertz CT molecular complexity index is 334. The fourth-order valence-corrected chi connectivity index (χ4v) is 1.20.